The van der Waals surface area contributed by atoms with E-state index in [1.54, 1.807) is 6.07 Å². The van der Waals surface area contributed by atoms with Gasteiger partial charge in [0.25, 0.3) is 0 Å². The van der Waals surface area contributed by atoms with E-state index >= 15 is 0 Å². The Morgan fingerprint density at radius 2 is 2.05 bits per heavy atom. The molecule has 5 heteroatoms. The van der Waals surface area contributed by atoms with Crippen LogP contribution in [0.1, 0.15) is 36.7 Å². The highest BCUT2D eigenvalue weighted by Crippen LogP contribution is 2.28. The van der Waals surface area contributed by atoms with E-state index in [0.717, 1.165) is 30.8 Å². The summed E-state index contributed by atoms with van der Waals surface area (Å²) in [5.41, 5.74) is 5.38. The van der Waals surface area contributed by atoms with Crippen molar-refractivity contribution in [2.45, 2.75) is 39.0 Å². The molecule has 1 aliphatic rings. The molecule has 0 radical (unpaired) electrons. The van der Waals surface area contributed by atoms with E-state index in [2.05, 4.69) is 34.5 Å². The van der Waals surface area contributed by atoms with Crippen molar-refractivity contribution >= 4 is 5.82 Å². The number of anilines is 1. The van der Waals surface area contributed by atoms with E-state index in [-0.39, 0.29) is 0 Å². The molecule has 0 saturated heterocycles. The number of aromatic nitrogens is 2. The Labute approximate surface area is 124 Å². The highest BCUT2D eigenvalue weighted by Gasteiger charge is 2.12. The zero-order valence-corrected chi connectivity index (χ0v) is 12.2. The van der Waals surface area contributed by atoms with Gasteiger partial charge in [0.2, 0.25) is 5.88 Å². The van der Waals surface area contributed by atoms with Gasteiger partial charge in [-0.25, -0.2) is 10.8 Å². The molecule has 0 unspecified atom stereocenters. The number of hydrogen-bond acceptors (Lipinski definition) is 5. The molecule has 3 rings (SSSR count). The van der Waals surface area contributed by atoms with Gasteiger partial charge >= 0.3 is 0 Å². The molecule has 1 aromatic carbocycles. The first-order valence-electron chi connectivity index (χ1n) is 7.42. The number of fused-ring (bicyclic) bond motifs is 1. The lowest BCUT2D eigenvalue weighted by Crippen LogP contribution is -2.10. The van der Waals surface area contributed by atoms with Crippen molar-refractivity contribution < 1.29 is 4.74 Å². The molecule has 3 N–H and O–H groups in total. The van der Waals surface area contributed by atoms with Gasteiger partial charge in [0, 0.05) is 12.5 Å². The molecule has 110 valence electrons. The van der Waals surface area contributed by atoms with Crippen molar-refractivity contribution in [1.29, 1.82) is 0 Å². The van der Waals surface area contributed by atoms with Crippen LogP contribution < -0.4 is 16.0 Å². The number of nitrogens with zero attached hydrogens (tertiary/aromatic N) is 2. The number of nitrogen functional groups attached to an aromatic ring is 1. The first kappa shape index (κ1) is 13.8. The van der Waals surface area contributed by atoms with E-state index in [0.29, 0.717) is 11.7 Å². The van der Waals surface area contributed by atoms with E-state index < -0.39 is 0 Å². The monoisotopic (exact) mass is 284 g/mol. The quantitative estimate of drug-likeness (QED) is 0.652. The standard InChI is InChI=1S/C16H20N4O/c1-2-4-14-18-15(20-17)10-16(19-14)21-13-8-7-11-5-3-6-12(11)9-13/h7-10H,2-6,17H2,1H3,(H,18,19,20). The summed E-state index contributed by atoms with van der Waals surface area (Å²) >= 11 is 0. The molecule has 0 bridgehead atoms. The smallest absolute Gasteiger partial charge is 0.224 e. The highest BCUT2D eigenvalue weighted by molar-refractivity contribution is 5.42. The fraction of sp³-hybridized carbons (Fsp3) is 0.375. The van der Waals surface area contributed by atoms with Gasteiger partial charge in [0.15, 0.2) is 0 Å². The Morgan fingerprint density at radius 1 is 1.19 bits per heavy atom. The Kier molecular flexibility index (Phi) is 4.01. The van der Waals surface area contributed by atoms with Gasteiger partial charge in [0.1, 0.15) is 17.4 Å². The highest BCUT2D eigenvalue weighted by atomic mass is 16.5. The zero-order valence-electron chi connectivity index (χ0n) is 12.2. The maximum atomic E-state index is 5.89. The van der Waals surface area contributed by atoms with E-state index in [1.165, 1.54) is 24.0 Å². The summed E-state index contributed by atoms with van der Waals surface area (Å²) in [5, 5.41) is 0. The fourth-order valence-electron chi connectivity index (χ4n) is 2.67. The normalized spacial score (nSPS) is 13.0. The number of nitrogens with two attached hydrogens (primary N) is 1. The summed E-state index contributed by atoms with van der Waals surface area (Å²) in [6, 6.07) is 7.97. The van der Waals surface area contributed by atoms with Gasteiger partial charge in [-0.1, -0.05) is 13.0 Å². The molecule has 5 nitrogen and oxygen atoms in total. The van der Waals surface area contributed by atoms with Crippen LogP contribution in [0.15, 0.2) is 24.3 Å². The second kappa shape index (κ2) is 6.10. The van der Waals surface area contributed by atoms with Crippen LogP contribution in [0.4, 0.5) is 5.82 Å². The molecule has 0 aliphatic heterocycles. The predicted molar refractivity (Wildman–Crippen MR) is 82.4 cm³/mol. The Morgan fingerprint density at radius 3 is 2.86 bits per heavy atom. The van der Waals surface area contributed by atoms with Crippen LogP contribution in [0.2, 0.25) is 0 Å². The molecule has 0 fully saturated rings. The van der Waals surface area contributed by atoms with Crippen molar-refractivity contribution in [2.24, 2.45) is 5.84 Å². The molecule has 0 amide bonds. The average Bonchev–Trinajstić information content (AvgIpc) is 2.95. The van der Waals surface area contributed by atoms with E-state index in [1.807, 2.05) is 6.07 Å². The van der Waals surface area contributed by atoms with Crippen LogP contribution in [0.3, 0.4) is 0 Å². The van der Waals surface area contributed by atoms with Crippen LogP contribution in [0.25, 0.3) is 0 Å². The first-order chi connectivity index (χ1) is 10.3. The number of rotatable bonds is 5. The van der Waals surface area contributed by atoms with Crippen molar-refractivity contribution in [3.63, 3.8) is 0 Å². The van der Waals surface area contributed by atoms with Gasteiger partial charge in [-0.15, -0.1) is 0 Å². The van der Waals surface area contributed by atoms with Crippen LogP contribution in [0.5, 0.6) is 11.6 Å². The van der Waals surface area contributed by atoms with Crippen molar-refractivity contribution in [2.75, 3.05) is 5.43 Å². The van der Waals surface area contributed by atoms with E-state index in [9.17, 15) is 0 Å². The van der Waals surface area contributed by atoms with Crippen LogP contribution >= 0.6 is 0 Å². The second-order valence-electron chi connectivity index (χ2n) is 5.29. The van der Waals surface area contributed by atoms with Gasteiger partial charge in [0.05, 0.1) is 0 Å². The predicted octanol–water partition coefficient (Wildman–Crippen LogP) is 3.00. The number of ether oxygens (including phenoxy) is 1. The van der Waals surface area contributed by atoms with Gasteiger partial charge in [-0.05, 0) is 48.9 Å². The third kappa shape index (κ3) is 3.13. The minimum absolute atomic E-state index is 0.527. The van der Waals surface area contributed by atoms with Crippen molar-refractivity contribution in [3.8, 4) is 11.6 Å². The average molecular weight is 284 g/mol. The molecule has 1 heterocycles. The van der Waals surface area contributed by atoms with Gasteiger partial charge < -0.3 is 10.2 Å². The minimum Gasteiger partial charge on any atom is -0.439 e. The van der Waals surface area contributed by atoms with Gasteiger partial charge in [-0.2, -0.15) is 4.98 Å². The Hall–Kier alpha value is -2.14. The summed E-state index contributed by atoms with van der Waals surface area (Å²) in [7, 11) is 0. The van der Waals surface area contributed by atoms with Crippen molar-refractivity contribution in [1.82, 2.24) is 9.97 Å². The first-order valence-corrected chi connectivity index (χ1v) is 7.42. The summed E-state index contributed by atoms with van der Waals surface area (Å²) in [4.78, 5) is 8.74. The second-order valence-corrected chi connectivity index (χ2v) is 5.29. The molecule has 0 saturated carbocycles. The maximum absolute atomic E-state index is 5.89. The lowest BCUT2D eigenvalue weighted by molar-refractivity contribution is 0.458. The number of nitrogens with one attached hydrogen (secondary N) is 1. The molecular weight excluding hydrogens is 264 g/mol. The number of hydrazine groups is 1. The number of benzene rings is 1. The van der Waals surface area contributed by atoms with Crippen LogP contribution in [-0.2, 0) is 19.3 Å². The van der Waals surface area contributed by atoms with Crippen LogP contribution in [0, 0.1) is 0 Å². The molecule has 0 spiro atoms. The Balaban J connectivity index is 1.85. The van der Waals surface area contributed by atoms with Gasteiger partial charge in [-0.3, -0.25) is 0 Å². The molecule has 1 aromatic heterocycles. The lowest BCUT2D eigenvalue weighted by atomic mass is 10.1. The summed E-state index contributed by atoms with van der Waals surface area (Å²) in [5.74, 6) is 8.12. The summed E-state index contributed by atoms with van der Waals surface area (Å²) in [6.07, 6.45) is 5.31. The fourth-order valence-corrected chi connectivity index (χ4v) is 2.67. The molecule has 21 heavy (non-hydrogen) atoms. The SMILES string of the molecule is CCCc1nc(NN)cc(Oc2ccc3c(c2)CCC3)n1. The van der Waals surface area contributed by atoms with E-state index in [4.69, 9.17) is 10.6 Å². The third-order valence-corrected chi connectivity index (χ3v) is 3.66. The van der Waals surface area contributed by atoms with Crippen molar-refractivity contribution in [3.05, 3.63) is 41.2 Å². The molecule has 0 atom stereocenters. The largest absolute Gasteiger partial charge is 0.439 e. The topological polar surface area (TPSA) is 73.1 Å². The minimum atomic E-state index is 0.527. The molecular formula is C16H20N4O. The third-order valence-electron chi connectivity index (χ3n) is 3.66. The molecule has 2 aromatic rings. The Bertz CT molecular complexity index is 642. The number of hydrogen-bond donors (Lipinski definition) is 2. The number of aryl methyl sites for hydroxylation is 3. The van der Waals surface area contributed by atoms with Crippen LogP contribution in [-0.4, -0.2) is 9.97 Å². The maximum Gasteiger partial charge on any atom is 0.224 e. The molecule has 1 aliphatic carbocycles. The summed E-state index contributed by atoms with van der Waals surface area (Å²) < 4.78 is 5.89. The summed E-state index contributed by atoms with van der Waals surface area (Å²) in [6.45, 7) is 2.09. The zero-order chi connectivity index (χ0) is 14.7. The lowest BCUT2D eigenvalue weighted by Gasteiger charge is -2.09.